The van der Waals surface area contributed by atoms with Crippen LogP contribution >= 0.6 is 0 Å². The first-order chi connectivity index (χ1) is 13.6. The summed E-state index contributed by atoms with van der Waals surface area (Å²) >= 11 is 0. The van der Waals surface area contributed by atoms with Gasteiger partial charge < -0.3 is 10.1 Å². The van der Waals surface area contributed by atoms with Crippen LogP contribution in [0, 0.1) is 0 Å². The zero-order valence-corrected chi connectivity index (χ0v) is 16.7. The molecule has 1 saturated heterocycles. The van der Waals surface area contributed by atoms with Gasteiger partial charge in [0.1, 0.15) is 5.75 Å². The van der Waals surface area contributed by atoms with E-state index in [9.17, 15) is 4.79 Å². The van der Waals surface area contributed by atoms with E-state index >= 15 is 0 Å². The van der Waals surface area contributed by atoms with Gasteiger partial charge in [-0.15, -0.1) is 5.10 Å². The van der Waals surface area contributed by atoms with Crippen LogP contribution in [0.25, 0.3) is 0 Å². The van der Waals surface area contributed by atoms with Crippen molar-refractivity contribution in [2.45, 2.75) is 57.7 Å². The number of ether oxygens (including phenoxy) is 1. The topological polar surface area (TPSA) is 72.3 Å². The molecule has 4 rings (SSSR count). The number of aromatic nitrogens is 3. The lowest BCUT2D eigenvalue weighted by molar-refractivity contribution is 0.0672. The molecule has 28 heavy (non-hydrogen) atoms. The number of carbonyl (C=O) groups excluding carboxylic acids is 1. The van der Waals surface area contributed by atoms with Gasteiger partial charge in [-0.1, -0.05) is 30.7 Å². The lowest BCUT2D eigenvalue weighted by Crippen LogP contribution is -2.59. The van der Waals surface area contributed by atoms with Gasteiger partial charge in [0.2, 0.25) is 0 Å². The van der Waals surface area contributed by atoms with Crippen LogP contribution < -0.4 is 10.1 Å². The van der Waals surface area contributed by atoms with Crippen molar-refractivity contribution in [1.29, 1.82) is 0 Å². The Morgan fingerprint density at radius 1 is 1.29 bits per heavy atom. The number of carbonyl (C=O) groups is 1. The maximum Gasteiger partial charge on any atom is 0.273 e. The summed E-state index contributed by atoms with van der Waals surface area (Å²) in [6.45, 7) is 6.82. The lowest BCUT2D eigenvalue weighted by atomic mass is 10.0. The van der Waals surface area contributed by atoms with Crippen LogP contribution in [-0.2, 0) is 0 Å². The van der Waals surface area contributed by atoms with Crippen LogP contribution in [0.5, 0.6) is 5.75 Å². The molecule has 0 radical (unpaired) electrons. The largest absolute Gasteiger partial charge is 0.494 e. The SMILES string of the molecule is CCCCOc1ccc(C(C)N2CC(NC(=O)c3cn(C4CC4)nn3)C2)cc1. The van der Waals surface area contributed by atoms with Gasteiger partial charge in [0.25, 0.3) is 5.91 Å². The Hall–Kier alpha value is -2.41. The minimum Gasteiger partial charge on any atom is -0.494 e. The highest BCUT2D eigenvalue weighted by Crippen LogP contribution is 2.33. The molecular formula is C21H29N5O2. The number of amides is 1. The molecule has 0 bridgehead atoms. The number of hydrogen-bond donors (Lipinski definition) is 1. The molecule has 7 heteroatoms. The van der Waals surface area contributed by atoms with E-state index in [1.807, 2.05) is 12.1 Å². The second kappa shape index (κ2) is 8.31. The first-order valence-electron chi connectivity index (χ1n) is 10.3. The number of rotatable bonds is 9. The van der Waals surface area contributed by atoms with E-state index < -0.39 is 0 Å². The minimum absolute atomic E-state index is 0.127. The standard InChI is InChI=1S/C21H29N5O2/c1-3-4-11-28-19-9-5-16(6-10-19)15(2)25-12-17(13-25)22-21(27)20-14-26(24-23-20)18-7-8-18/h5-6,9-10,14-15,17-18H,3-4,7-8,11-13H2,1-2H3,(H,22,27). The third kappa shape index (κ3) is 4.35. The van der Waals surface area contributed by atoms with E-state index in [0.717, 1.165) is 51.1 Å². The van der Waals surface area contributed by atoms with Crippen molar-refractivity contribution in [3.8, 4) is 5.75 Å². The predicted molar refractivity (Wildman–Crippen MR) is 106 cm³/mol. The third-order valence-corrected chi connectivity index (χ3v) is 5.59. The average Bonchev–Trinajstić information content (AvgIpc) is 3.41. The molecule has 1 aliphatic carbocycles. The third-order valence-electron chi connectivity index (χ3n) is 5.59. The first kappa shape index (κ1) is 18.9. The van der Waals surface area contributed by atoms with E-state index in [4.69, 9.17) is 4.74 Å². The maximum atomic E-state index is 12.3. The normalized spacial score (nSPS) is 18.5. The van der Waals surface area contributed by atoms with E-state index in [0.29, 0.717) is 17.8 Å². The molecule has 150 valence electrons. The fourth-order valence-electron chi connectivity index (χ4n) is 3.47. The van der Waals surface area contributed by atoms with Gasteiger partial charge in [0.05, 0.1) is 24.9 Å². The van der Waals surface area contributed by atoms with Gasteiger partial charge in [0.15, 0.2) is 5.69 Å². The predicted octanol–water partition coefficient (Wildman–Crippen LogP) is 2.97. The van der Waals surface area contributed by atoms with Gasteiger partial charge in [0, 0.05) is 19.1 Å². The fraction of sp³-hybridized carbons (Fsp3) is 0.571. The Morgan fingerprint density at radius 3 is 2.71 bits per heavy atom. The molecule has 1 aliphatic heterocycles. The van der Waals surface area contributed by atoms with Gasteiger partial charge in [-0.25, -0.2) is 4.68 Å². The van der Waals surface area contributed by atoms with Crippen molar-refractivity contribution in [2.75, 3.05) is 19.7 Å². The molecule has 1 saturated carbocycles. The van der Waals surface area contributed by atoms with Crippen LogP contribution in [0.3, 0.4) is 0 Å². The van der Waals surface area contributed by atoms with Gasteiger partial charge in [-0.05, 0) is 43.9 Å². The summed E-state index contributed by atoms with van der Waals surface area (Å²) in [5, 5.41) is 11.1. The Kier molecular flexibility index (Phi) is 5.62. The number of benzene rings is 1. The summed E-state index contributed by atoms with van der Waals surface area (Å²) in [5.74, 6) is 0.801. The molecule has 1 aromatic carbocycles. The molecule has 1 N–H and O–H groups in total. The fourth-order valence-corrected chi connectivity index (χ4v) is 3.47. The summed E-state index contributed by atoms with van der Waals surface area (Å²) < 4.78 is 7.54. The highest BCUT2D eigenvalue weighted by Gasteiger charge is 2.33. The molecule has 2 aromatic rings. The number of nitrogens with one attached hydrogen (secondary N) is 1. The van der Waals surface area contributed by atoms with Crippen molar-refractivity contribution in [1.82, 2.24) is 25.2 Å². The van der Waals surface area contributed by atoms with Crippen LogP contribution in [0.15, 0.2) is 30.5 Å². The highest BCUT2D eigenvalue weighted by atomic mass is 16.5. The second-order valence-electron chi connectivity index (χ2n) is 7.89. The summed E-state index contributed by atoms with van der Waals surface area (Å²) in [6, 6.07) is 9.28. The lowest BCUT2D eigenvalue weighted by Gasteiger charge is -2.43. The average molecular weight is 383 g/mol. The van der Waals surface area contributed by atoms with E-state index in [1.54, 1.807) is 10.9 Å². The second-order valence-corrected chi connectivity index (χ2v) is 7.89. The summed E-state index contributed by atoms with van der Waals surface area (Å²) in [4.78, 5) is 14.7. The summed E-state index contributed by atoms with van der Waals surface area (Å²) in [7, 11) is 0. The van der Waals surface area contributed by atoms with E-state index in [1.165, 1.54) is 5.56 Å². The van der Waals surface area contributed by atoms with Crippen LogP contribution in [0.2, 0.25) is 0 Å². The number of likely N-dealkylation sites (tertiary alicyclic amines) is 1. The van der Waals surface area contributed by atoms with Crippen molar-refractivity contribution in [3.63, 3.8) is 0 Å². The summed E-state index contributed by atoms with van der Waals surface area (Å²) in [6.07, 6.45) is 6.24. The van der Waals surface area contributed by atoms with Crippen molar-refractivity contribution >= 4 is 5.91 Å². The molecular weight excluding hydrogens is 354 g/mol. The number of nitrogens with zero attached hydrogens (tertiary/aromatic N) is 4. The van der Waals surface area contributed by atoms with Crippen LogP contribution in [-0.4, -0.2) is 51.5 Å². The molecule has 1 aromatic heterocycles. The van der Waals surface area contributed by atoms with Gasteiger partial charge in [-0.2, -0.15) is 0 Å². The van der Waals surface area contributed by atoms with Crippen molar-refractivity contribution < 1.29 is 9.53 Å². The van der Waals surface area contributed by atoms with Gasteiger partial charge in [-0.3, -0.25) is 9.69 Å². The van der Waals surface area contributed by atoms with Crippen molar-refractivity contribution in [3.05, 3.63) is 41.7 Å². The van der Waals surface area contributed by atoms with E-state index in [-0.39, 0.29) is 11.9 Å². The Bertz CT molecular complexity index is 793. The molecule has 2 aliphatic rings. The van der Waals surface area contributed by atoms with Crippen molar-refractivity contribution in [2.24, 2.45) is 0 Å². The van der Waals surface area contributed by atoms with Gasteiger partial charge >= 0.3 is 0 Å². The van der Waals surface area contributed by atoms with Crippen LogP contribution in [0.4, 0.5) is 0 Å². The number of unbranched alkanes of at least 4 members (excludes halogenated alkanes) is 1. The zero-order valence-electron chi connectivity index (χ0n) is 16.7. The molecule has 1 unspecified atom stereocenters. The Balaban J connectivity index is 1.23. The maximum absolute atomic E-state index is 12.3. The first-order valence-corrected chi connectivity index (χ1v) is 10.3. The smallest absolute Gasteiger partial charge is 0.273 e. The number of hydrogen-bond acceptors (Lipinski definition) is 5. The molecule has 0 spiro atoms. The molecule has 2 heterocycles. The zero-order chi connectivity index (χ0) is 19.5. The Morgan fingerprint density at radius 2 is 2.04 bits per heavy atom. The molecule has 1 atom stereocenters. The molecule has 1 amide bonds. The Labute approximate surface area is 166 Å². The summed E-state index contributed by atoms with van der Waals surface area (Å²) in [5.41, 5.74) is 1.68. The quantitative estimate of drug-likeness (QED) is 0.674. The van der Waals surface area contributed by atoms with E-state index in [2.05, 4.69) is 46.5 Å². The molecule has 2 fully saturated rings. The van der Waals surface area contributed by atoms with Crippen LogP contribution in [0.1, 0.15) is 67.7 Å². The molecule has 7 nitrogen and oxygen atoms in total. The minimum atomic E-state index is -0.127. The monoisotopic (exact) mass is 383 g/mol. The highest BCUT2D eigenvalue weighted by molar-refractivity contribution is 5.92.